The number of hydrogen-bond donors (Lipinski definition) is 2. The lowest BCUT2D eigenvalue weighted by Gasteiger charge is -2.18. The van der Waals surface area contributed by atoms with Crippen molar-refractivity contribution in [3.05, 3.63) is 24.2 Å². The fourth-order valence-electron chi connectivity index (χ4n) is 1.22. The van der Waals surface area contributed by atoms with Gasteiger partial charge in [-0.2, -0.15) is 0 Å². The topological polar surface area (TPSA) is 68.3 Å². The highest BCUT2D eigenvalue weighted by atomic mass is 16.3. The van der Waals surface area contributed by atoms with Crippen LogP contribution in [0.4, 0.5) is 0 Å². The summed E-state index contributed by atoms with van der Waals surface area (Å²) in [6.45, 7) is 5.70. The highest BCUT2D eigenvalue weighted by Crippen LogP contribution is 2.12. The second-order valence-electron chi connectivity index (χ2n) is 4.02. The predicted octanol–water partition coefficient (Wildman–Crippen LogP) is 1.44. The van der Waals surface area contributed by atoms with Crippen molar-refractivity contribution in [2.45, 2.75) is 32.9 Å². The first-order valence-electron chi connectivity index (χ1n) is 5.11. The average Bonchev–Trinajstić information content (AvgIpc) is 2.68. The summed E-state index contributed by atoms with van der Waals surface area (Å²) in [6.07, 6.45) is 1.58. The number of nitrogens with one attached hydrogen (secondary N) is 1. The van der Waals surface area contributed by atoms with Gasteiger partial charge < -0.3 is 15.5 Å². The van der Waals surface area contributed by atoms with Gasteiger partial charge in [0, 0.05) is 0 Å². The third-order valence-corrected chi connectivity index (χ3v) is 2.35. The Hall–Kier alpha value is -1.29. The molecule has 0 saturated heterocycles. The summed E-state index contributed by atoms with van der Waals surface area (Å²) in [7, 11) is 0. The minimum atomic E-state index is -0.470. The van der Waals surface area contributed by atoms with Crippen molar-refractivity contribution in [1.82, 2.24) is 5.32 Å². The lowest BCUT2D eigenvalue weighted by atomic mass is 10.0. The Labute approximate surface area is 89.8 Å². The van der Waals surface area contributed by atoms with E-state index in [1.807, 2.05) is 26.8 Å². The number of carbonyl (C=O) groups excluding carboxylic acids is 1. The van der Waals surface area contributed by atoms with E-state index in [4.69, 9.17) is 10.2 Å². The third-order valence-electron chi connectivity index (χ3n) is 2.35. The molecule has 4 heteroatoms. The average molecular weight is 210 g/mol. The molecule has 2 atom stereocenters. The maximum Gasteiger partial charge on any atom is 0.237 e. The molecule has 0 radical (unpaired) electrons. The van der Waals surface area contributed by atoms with E-state index in [0.717, 1.165) is 5.76 Å². The van der Waals surface area contributed by atoms with E-state index < -0.39 is 6.04 Å². The Morgan fingerprint density at radius 3 is 2.60 bits per heavy atom. The van der Waals surface area contributed by atoms with Crippen LogP contribution in [0.5, 0.6) is 0 Å². The van der Waals surface area contributed by atoms with E-state index in [2.05, 4.69) is 5.32 Å². The lowest BCUT2D eigenvalue weighted by Crippen LogP contribution is -2.44. The zero-order valence-electron chi connectivity index (χ0n) is 9.36. The summed E-state index contributed by atoms with van der Waals surface area (Å²) in [5.74, 6) is 0.724. The molecule has 3 N–H and O–H groups in total. The fourth-order valence-corrected chi connectivity index (χ4v) is 1.22. The second-order valence-corrected chi connectivity index (χ2v) is 4.02. The standard InChI is InChI=1S/C11H18N2O2/c1-7(2)10(12)11(14)13-8(3)9-5-4-6-15-9/h4-8,10H,12H2,1-3H3,(H,13,14)/t8-,10-/m0/s1. The van der Waals surface area contributed by atoms with Crippen molar-refractivity contribution in [1.29, 1.82) is 0 Å². The number of carbonyl (C=O) groups is 1. The number of hydrogen-bond acceptors (Lipinski definition) is 3. The van der Waals surface area contributed by atoms with Crippen LogP contribution in [0.2, 0.25) is 0 Å². The summed E-state index contributed by atoms with van der Waals surface area (Å²) < 4.78 is 5.18. The molecular weight excluding hydrogens is 192 g/mol. The minimum absolute atomic E-state index is 0.133. The van der Waals surface area contributed by atoms with E-state index in [1.54, 1.807) is 12.3 Å². The van der Waals surface area contributed by atoms with E-state index in [0.29, 0.717) is 0 Å². The maximum absolute atomic E-state index is 11.6. The van der Waals surface area contributed by atoms with Gasteiger partial charge in [-0.1, -0.05) is 13.8 Å². The van der Waals surface area contributed by atoms with E-state index in [1.165, 1.54) is 0 Å². The van der Waals surface area contributed by atoms with Crippen molar-refractivity contribution in [2.24, 2.45) is 11.7 Å². The number of rotatable bonds is 4. The number of nitrogens with two attached hydrogens (primary N) is 1. The van der Waals surface area contributed by atoms with Crippen molar-refractivity contribution in [2.75, 3.05) is 0 Å². The van der Waals surface area contributed by atoms with Gasteiger partial charge in [-0.15, -0.1) is 0 Å². The van der Waals surface area contributed by atoms with Crippen LogP contribution in [0, 0.1) is 5.92 Å². The molecule has 0 aromatic carbocycles. The van der Waals surface area contributed by atoms with Gasteiger partial charge in [0.15, 0.2) is 0 Å². The first-order valence-corrected chi connectivity index (χ1v) is 5.11. The predicted molar refractivity (Wildman–Crippen MR) is 58.1 cm³/mol. The van der Waals surface area contributed by atoms with Gasteiger partial charge >= 0.3 is 0 Å². The molecule has 84 valence electrons. The van der Waals surface area contributed by atoms with Gasteiger partial charge in [-0.05, 0) is 25.0 Å². The molecule has 4 nitrogen and oxygen atoms in total. The van der Waals surface area contributed by atoms with Gasteiger partial charge in [-0.3, -0.25) is 4.79 Å². The smallest absolute Gasteiger partial charge is 0.237 e. The fraction of sp³-hybridized carbons (Fsp3) is 0.545. The number of furan rings is 1. The van der Waals surface area contributed by atoms with Gasteiger partial charge in [0.2, 0.25) is 5.91 Å². The Bertz CT molecular complexity index is 306. The molecule has 0 bridgehead atoms. The second kappa shape index (κ2) is 4.98. The lowest BCUT2D eigenvalue weighted by molar-refractivity contribution is -0.124. The third kappa shape index (κ3) is 3.09. The van der Waals surface area contributed by atoms with Crippen molar-refractivity contribution in [3.63, 3.8) is 0 Å². The SMILES string of the molecule is CC(C)[C@H](N)C(=O)N[C@@H](C)c1ccco1. The summed E-state index contributed by atoms with van der Waals surface area (Å²) in [5, 5.41) is 2.81. The first kappa shape index (κ1) is 11.8. The molecule has 1 amide bonds. The van der Waals surface area contributed by atoms with E-state index >= 15 is 0 Å². The summed E-state index contributed by atoms with van der Waals surface area (Å²) in [5.41, 5.74) is 5.72. The summed E-state index contributed by atoms with van der Waals surface area (Å²) in [6, 6.07) is 3.01. The molecule has 1 aromatic heterocycles. The van der Waals surface area contributed by atoms with E-state index in [9.17, 15) is 4.79 Å². The molecular formula is C11H18N2O2. The molecule has 1 heterocycles. The van der Waals surface area contributed by atoms with Crippen molar-refractivity contribution < 1.29 is 9.21 Å². The van der Waals surface area contributed by atoms with Gasteiger partial charge in [0.05, 0.1) is 18.3 Å². The van der Waals surface area contributed by atoms with Crippen LogP contribution >= 0.6 is 0 Å². The summed E-state index contributed by atoms with van der Waals surface area (Å²) in [4.78, 5) is 11.6. The maximum atomic E-state index is 11.6. The van der Waals surface area contributed by atoms with Crippen molar-refractivity contribution in [3.8, 4) is 0 Å². The van der Waals surface area contributed by atoms with Gasteiger partial charge in [0.1, 0.15) is 5.76 Å². The van der Waals surface area contributed by atoms with Crippen LogP contribution < -0.4 is 11.1 Å². The van der Waals surface area contributed by atoms with Crippen LogP contribution in [0.1, 0.15) is 32.6 Å². The van der Waals surface area contributed by atoms with Crippen LogP contribution in [-0.2, 0) is 4.79 Å². The molecule has 0 aliphatic carbocycles. The molecule has 0 aliphatic rings. The molecule has 0 fully saturated rings. The molecule has 1 rings (SSSR count). The monoisotopic (exact) mass is 210 g/mol. The van der Waals surface area contributed by atoms with Gasteiger partial charge in [-0.25, -0.2) is 0 Å². The quantitative estimate of drug-likeness (QED) is 0.790. The molecule has 0 spiro atoms. The molecule has 1 aromatic rings. The van der Waals surface area contributed by atoms with Crippen LogP contribution in [-0.4, -0.2) is 11.9 Å². The summed E-state index contributed by atoms with van der Waals surface area (Å²) >= 11 is 0. The largest absolute Gasteiger partial charge is 0.467 e. The number of amides is 1. The molecule has 0 unspecified atom stereocenters. The van der Waals surface area contributed by atoms with Gasteiger partial charge in [0.25, 0.3) is 0 Å². The van der Waals surface area contributed by atoms with Crippen LogP contribution in [0.25, 0.3) is 0 Å². The molecule has 0 saturated carbocycles. The van der Waals surface area contributed by atoms with Crippen LogP contribution in [0.3, 0.4) is 0 Å². The zero-order valence-corrected chi connectivity index (χ0v) is 9.36. The van der Waals surface area contributed by atoms with Crippen molar-refractivity contribution >= 4 is 5.91 Å². The Morgan fingerprint density at radius 1 is 1.47 bits per heavy atom. The molecule has 0 aliphatic heterocycles. The Morgan fingerprint density at radius 2 is 2.13 bits per heavy atom. The molecule has 15 heavy (non-hydrogen) atoms. The normalized spacial score (nSPS) is 15.0. The highest BCUT2D eigenvalue weighted by molar-refractivity contribution is 5.82. The van der Waals surface area contributed by atoms with Crippen LogP contribution in [0.15, 0.2) is 22.8 Å². The highest BCUT2D eigenvalue weighted by Gasteiger charge is 2.20. The van der Waals surface area contributed by atoms with E-state index in [-0.39, 0.29) is 17.9 Å². The Balaban J connectivity index is 2.52. The Kier molecular flexibility index (Phi) is 3.91. The zero-order chi connectivity index (χ0) is 11.4. The minimum Gasteiger partial charge on any atom is -0.467 e. The first-order chi connectivity index (χ1) is 7.02.